The van der Waals surface area contributed by atoms with Gasteiger partial charge in [0, 0.05) is 95.3 Å². The predicted molar refractivity (Wildman–Crippen MR) is 373 cm³/mol. The molecule has 0 spiro atoms. The SMILES string of the molecule is Cn1c2[n+](c3c1nc1cnccn13)Cc1cnccc1-2.[2H]C([2H])([2H])n1c2[n+](c3c1nc1cnccn13)Cc1cnccc1-2.c1cc2c(cn1)C[n+]1c-2oc2nc3cnccn3c21.c1cc2c(cn1)C[n+]1c-2sc2nc3cnccn3c21.c1ccc(-n2c3[n+](c4c2nc2cnccn24)Cc2cnccc2-3)cc1. The van der Waals surface area contributed by atoms with Gasteiger partial charge in [-0.15, -0.1) is 0 Å². The first-order valence-corrected chi connectivity index (χ1v) is 33.7. The standard InChI is InChI=1S/C19H13N6.2C14H11N6.C13H8N5O.C13H8N5S/c1-2-4-14(5-3-1)25-17-19(23-9-8-21-11-16(23)22-17)24-12-13-10-20-7-6-15(13)18(24)25;2*1-18-12-14(19-5-4-16-7-11(19)17-12)20-8-9-6-15-3-2-10(9)13(18)20;2*1-2-14-5-8-7-18-12-11(19-13(18)9(1)8)16-10-6-15-3-4-17(10)12/h1-11H,12H2;2*2-7H,8H2,1H3;2*1-6H,7H2/q5*+1/i;1D3;;;. The number of aromatic nitrogens is 28. The molecule has 0 amide bonds. The molecule has 0 bridgehead atoms. The van der Waals surface area contributed by atoms with Crippen LogP contribution in [0.25, 0.3) is 146 Å². The lowest BCUT2D eigenvalue weighted by Crippen LogP contribution is -2.32. The molecule has 1 aromatic carbocycles. The van der Waals surface area contributed by atoms with Gasteiger partial charge in [0.1, 0.15) is 31.2 Å². The Morgan fingerprint density at radius 2 is 0.767 bits per heavy atom. The Morgan fingerprint density at radius 1 is 0.369 bits per heavy atom. The van der Waals surface area contributed by atoms with Crippen LogP contribution in [-0.4, -0.2) is 110 Å². The second-order valence-corrected chi connectivity index (χ2v) is 26.2. The number of hydrogen-bond acceptors (Lipinski definition) is 17. The van der Waals surface area contributed by atoms with E-state index in [1.807, 2.05) is 99.7 Å². The smallest absolute Gasteiger partial charge is 0.355 e. The molecule has 0 fully saturated rings. The zero-order valence-corrected chi connectivity index (χ0v) is 54.9. The van der Waals surface area contributed by atoms with Gasteiger partial charge in [-0.25, -0.2) is 45.2 Å². The summed E-state index contributed by atoms with van der Waals surface area (Å²) in [6, 6.07) is 20.4. The van der Waals surface area contributed by atoms with Gasteiger partial charge in [0.2, 0.25) is 50.5 Å². The maximum Gasteiger partial charge on any atom is 0.355 e. The molecular weight excluding hydrogens is 1320 g/mol. The quantitative estimate of drug-likeness (QED) is 0.149. The Morgan fingerprint density at radius 3 is 1.32 bits per heavy atom. The zero-order valence-electron chi connectivity index (χ0n) is 57.1. The van der Waals surface area contributed by atoms with E-state index in [9.17, 15) is 0 Å². The molecule has 0 atom stereocenters. The summed E-state index contributed by atoms with van der Waals surface area (Å²) in [5.74, 6) is 3.82. The summed E-state index contributed by atoms with van der Waals surface area (Å²) in [4.78, 5) is 65.8. The first-order valence-electron chi connectivity index (χ1n) is 34.4. The number of thiazole rings is 1. The largest absolute Gasteiger partial charge is 0.395 e. The highest BCUT2D eigenvalue weighted by atomic mass is 32.1. The van der Waals surface area contributed by atoms with Crippen molar-refractivity contribution in [1.82, 2.24) is 110 Å². The van der Waals surface area contributed by atoms with Crippen LogP contribution in [0, 0.1) is 0 Å². The van der Waals surface area contributed by atoms with Gasteiger partial charge in [0.15, 0.2) is 5.01 Å². The van der Waals surface area contributed by atoms with Crippen molar-refractivity contribution in [3.63, 3.8) is 0 Å². The normalized spacial score (nSPS) is 13.5. The van der Waals surface area contributed by atoms with Crippen LogP contribution >= 0.6 is 11.3 Å². The molecule has 490 valence electrons. The third-order valence-electron chi connectivity index (χ3n) is 19.7. The van der Waals surface area contributed by atoms with E-state index in [1.54, 1.807) is 98.1 Å². The van der Waals surface area contributed by atoms with E-state index in [-0.39, 0.29) is 0 Å². The first-order chi connectivity index (χ1) is 52.1. The fraction of sp³-hybridized carbons (Fsp3) is 0.0959. The number of pyridine rings is 5. The van der Waals surface area contributed by atoms with Gasteiger partial charge in [-0.1, -0.05) is 29.5 Å². The van der Waals surface area contributed by atoms with Crippen molar-refractivity contribution in [3.8, 4) is 61.9 Å². The lowest BCUT2D eigenvalue weighted by Gasteiger charge is -2.02. The molecule has 0 radical (unpaired) electrons. The minimum Gasteiger partial charge on any atom is -0.395 e. The van der Waals surface area contributed by atoms with Crippen molar-refractivity contribution in [2.45, 2.75) is 32.7 Å². The Labute approximate surface area is 586 Å². The Bertz CT molecular complexity index is 7090. The number of imidazole rings is 8. The molecule has 0 N–H and O–H groups in total. The number of nitrogens with zero attached hydrogens (tertiary/aromatic N) is 28. The van der Waals surface area contributed by atoms with Gasteiger partial charge < -0.3 is 4.42 Å². The van der Waals surface area contributed by atoms with Crippen LogP contribution in [0.4, 0.5) is 0 Å². The van der Waals surface area contributed by atoms with E-state index < -0.39 is 6.98 Å². The second kappa shape index (κ2) is 21.7. The molecule has 29 nitrogen and oxygen atoms in total. The fourth-order valence-corrected chi connectivity index (χ4v) is 16.5. The third-order valence-corrected chi connectivity index (χ3v) is 20.8. The molecule has 0 unspecified atom stereocenters. The molecule has 0 aliphatic carbocycles. The second-order valence-electron chi connectivity index (χ2n) is 25.2. The van der Waals surface area contributed by atoms with Crippen LogP contribution in [0.2, 0.25) is 0 Å². The summed E-state index contributed by atoms with van der Waals surface area (Å²) in [7, 11) is 2.06. The van der Waals surface area contributed by atoms with Gasteiger partial charge in [0.25, 0.3) is 39.8 Å². The van der Waals surface area contributed by atoms with E-state index >= 15 is 0 Å². The van der Waals surface area contributed by atoms with Crippen molar-refractivity contribution < 1.29 is 31.4 Å². The molecule has 103 heavy (non-hydrogen) atoms. The number of hydrogen-bond donors (Lipinski definition) is 0. The number of benzene rings is 1. The van der Waals surface area contributed by atoms with E-state index in [1.165, 1.54) is 54.3 Å². The molecule has 25 heterocycles. The van der Waals surface area contributed by atoms with Crippen molar-refractivity contribution in [1.29, 1.82) is 0 Å². The highest BCUT2D eigenvalue weighted by Gasteiger charge is 2.40. The van der Waals surface area contributed by atoms with Crippen LogP contribution < -0.4 is 22.8 Å². The van der Waals surface area contributed by atoms with Crippen molar-refractivity contribution in [3.05, 3.63) is 243 Å². The molecule has 5 aliphatic rings. The fourth-order valence-electron chi connectivity index (χ4n) is 15.3. The first kappa shape index (κ1) is 53.8. The van der Waals surface area contributed by atoms with Crippen molar-refractivity contribution in [2.24, 2.45) is 14.0 Å². The number of aryl methyl sites for hydroxylation is 2. The van der Waals surface area contributed by atoms with Gasteiger partial charge in [-0.05, 0) is 42.5 Å². The predicted octanol–water partition coefficient (Wildman–Crippen LogP) is 7.09. The van der Waals surface area contributed by atoms with Crippen LogP contribution in [0.15, 0.2) is 220 Å². The highest BCUT2D eigenvalue weighted by Crippen LogP contribution is 2.38. The number of fused-ring (bicyclic) bond motifs is 35. The summed E-state index contributed by atoms with van der Waals surface area (Å²) in [6.07, 6.45) is 45.6. The van der Waals surface area contributed by atoms with Crippen LogP contribution in [0.1, 0.15) is 31.9 Å². The molecular formula is C73H51N28OS+5. The molecule has 20 aromatic heterocycles. The molecule has 5 aliphatic heterocycles. The lowest BCUT2D eigenvalue weighted by molar-refractivity contribution is -0.651. The molecule has 0 saturated heterocycles. The van der Waals surface area contributed by atoms with Gasteiger partial charge >= 0.3 is 17.0 Å². The number of rotatable bonds is 1. The zero-order chi connectivity index (χ0) is 70.2. The molecule has 30 heteroatoms. The van der Waals surface area contributed by atoms with Crippen LogP contribution in [0.3, 0.4) is 0 Å². The summed E-state index contributed by atoms with van der Waals surface area (Å²) in [5.41, 5.74) is 24.8. The van der Waals surface area contributed by atoms with Crippen LogP contribution in [0.5, 0.6) is 0 Å². The third kappa shape index (κ3) is 8.27. The molecule has 0 saturated carbocycles. The average Bonchev–Trinajstić information content (AvgIpc) is 1.54. The summed E-state index contributed by atoms with van der Waals surface area (Å²) in [5, 5.41) is 1.26. The van der Waals surface area contributed by atoms with Gasteiger partial charge in [-0.3, -0.25) is 49.8 Å². The van der Waals surface area contributed by atoms with Crippen molar-refractivity contribution >= 4 is 95.3 Å². The average molecular weight is 1370 g/mol. The van der Waals surface area contributed by atoms with Crippen molar-refractivity contribution in [2.75, 3.05) is 0 Å². The Balaban J connectivity index is 0.0000000830. The van der Waals surface area contributed by atoms with Gasteiger partial charge in [0.05, 0.1) is 141 Å². The summed E-state index contributed by atoms with van der Waals surface area (Å²) < 4.78 is 56.7. The maximum atomic E-state index is 7.96. The Kier molecular flexibility index (Phi) is 11.3. The Hall–Kier alpha value is -14.2. The highest BCUT2D eigenvalue weighted by molar-refractivity contribution is 7.20. The summed E-state index contributed by atoms with van der Waals surface area (Å²) in [6.45, 7) is 1.52. The number of oxazole rings is 1. The maximum absolute atomic E-state index is 7.96. The van der Waals surface area contributed by atoms with Gasteiger partial charge in [-0.2, -0.15) is 38.3 Å². The monoisotopic (exact) mass is 1370 g/mol. The topological polar surface area (TPSA) is 263 Å². The van der Waals surface area contributed by atoms with E-state index in [4.69, 9.17) is 13.5 Å². The van der Waals surface area contributed by atoms with Crippen LogP contribution in [-0.2, 0) is 46.7 Å². The van der Waals surface area contributed by atoms with E-state index in [0.717, 1.165) is 127 Å². The molecule has 21 aromatic rings. The molecule has 26 rings (SSSR count). The van der Waals surface area contributed by atoms with E-state index in [2.05, 4.69) is 160 Å². The summed E-state index contributed by atoms with van der Waals surface area (Å²) >= 11 is 1.73. The minimum atomic E-state index is -2.32. The van der Waals surface area contributed by atoms with E-state index in [0.29, 0.717) is 29.4 Å². The minimum absolute atomic E-state index is 0.440. The lowest BCUT2D eigenvalue weighted by atomic mass is 10.1. The number of para-hydroxylation sites is 1.